The number of hydrogen-bond acceptors (Lipinski definition) is 4. The van der Waals surface area contributed by atoms with E-state index in [0.717, 1.165) is 24.9 Å². The van der Waals surface area contributed by atoms with Gasteiger partial charge in [0, 0.05) is 25.8 Å². The highest BCUT2D eigenvalue weighted by Crippen LogP contribution is 2.23. The van der Waals surface area contributed by atoms with Crippen LogP contribution in [0.25, 0.3) is 5.52 Å². The first-order valence-electron chi connectivity index (χ1n) is 8.01. The van der Waals surface area contributed by atoms with E-state index in [0.29, 0.717) is 30.3 Å². The molecule has 0 bridgehead atoms. The second-order valence-electron chi connectivity index (χ2n) is 6.01. The van der Waals surface area contributed by atoms with Crippen molar-refractivity contribution < 1.29 is 9.59 Å². The number of anilines is 1. The maximum absolute atomic E-state index is 11.8. The van der Waals surface area contributed by atoms with Crippen LogP contribution < -0.4 is 11.1 Å². The van der Waals surface area contributed by atoms with Crippen molar-refractivity contribution in [3.63, 3.8) is 0 Å². The molecule has 0 saturated carbocycles. The van der Waals surface area contributed by atoms with Crippen molar-refractivity contribution in [3.05, 3.63) is 42.7 Å². The van der Waals surface area contributed by atoms with Gasteiger partial charge < -0.3 is 16.0 Å². The van der Waals surface area contributed by atoms with E-state index < -0.39 is 5.91 Å². The first-order chi connectivity index (χ1) is 11.6. The summed E-state index contributed by atoms with van der Waals surface area (Å²) in [4.78, 5) is 25.3. The van der Waals surface area contributed by atoms with E-state index in [4.69, 9.17) is 5.73 Å². The average molecular weight is 327 g/mol. The summed E-state index contributed by atoms with van der Waals surface area (Å²) in [5.41, 5.74) is 7.34. The number of primary amides is 1. The molecule has 7 nitrogen and oxygen atoms in total. The zero-order valence-corrected chi connectivity index (χ0v) is 13.4. The molecule has 3 N–H and O–H groups in total. The van der Waals surface area contributed by atoms with E-state index in [-0.39, 0.29) is 5.91 Å². The number of nitrogens with two attached hydrogens (primary N) is 1. The summed E-state index contributed by atoms with van der Waals surface area (Å²) in [6.45, 7) is 5.66. The Hall–Kier alpha value is -2.83. The molecule has 3 heterocycles. The lowest BCUT2D eigenvalue weighted by Gasteiger charge is -2.32. The lowest BCUT2D eigenvalue weighted by atomic mass is 9.97. The van der Waals surface area contributed by atoms with Crippen LogP contribution in [0.1, 0.15) is 23.2 Å². The number of piperidine rings is 1. The highest BCUT2D eigenvalue weighted by molar-refractivity contribution is 6.01. The highest BCUT2D eigenvalue weighted by atomic mass is 16.2. The molecule has 3 rings (SSSR count). The summed E-state index contributed by atoms with van der Waals surface area (Å²) >= 11 is 0. The minimum Gasteiger partial charge on any atom is -0.382 e. The van der Waals surface area contributed by atoms with Crippen LogP contribution in [-0.4, -0.2) is 46.0 Å². The molecule has 1 fully saturated rings. The molecule has 1 aliphatic heterocycles. The summed E-state index contributed by atoms with van der Waals surface area (Å²) in [6, 6.07) is 3.75. The maximum Gasteiger partial charge on any atom is 0.252 e. The predicted molar refractivity (Wildman–Crippen MR) is 91.7 cm³/mol. The van der Waals surface area contributed by atoms with Crippen LogP contribution in [0, 0.1) is 5.92 Å². The number of carbonyl (C=O) groups is 2. The second kappa shape index (κ2) is 6.74. The fourth-order valence-electron chi connectivity index (χ4n) is 3.17. The minimum absolute atomic E-state index is 0.0320. The van der Waals surface area contributed by atoms with E-state index in [1.807, 2.05) is 23.2 Å². The lowest BCUT2D eigenvalue weighted by Crippen LogP contribution is -2.41. The molecule has 0 radical (unpaired) electrons. The molecule has 2 aromatic heterocycles. The fraction of sp³-hybridized carbons (Fsp3) is 0.353. The van der Waals surface area contributed by atoms with Crippen LogP contribution in [0.2, 0.25) is 0 Å². The highest BCUT2D eigenvalue weighted by Gasteiger charge is 2.23. The fourth-order valence-corrected chi connectivity index (χ4v) is 3.17. The number of amides is 2. The van der Waals surface area contributed by atoms with E-state index in [9.17, 15) is 9.59 Å². The van der Waals surface area contributed by atoms with Crippen LogP contribution >= 0.6 is 0 Å². The second-order valence-corrected chi connectivity index (χ2v) is 6.01. The molecule has 0 aliphatic carbocycles. The Morgan fingerprint density at radius 2 is 2.33 bits per heavy atom. The van der Waals surface area contributed by atoms with Crippen molar-refractivity contribution in [3.8, 4) is 0 Å². The molecule has 0 aromatic carbocycles. The van der Waals surface area contributed by atoms with E-state index in [2.05, 4.69) is 17.0 Å². The van der Waals surface area contributed by atoms with Crippen molar-refractivity contribution in [2.24, 2.45) is 11.7 Å². The Bertz CT molecular complexity index is 782. The molecule has 2 amide bonds. The zero-order chi connectivity index (χ0) is 17.1. The van der Waals surface area contributed by atoms with Crippen molar-refractivity contribution in [1.82, 2.24) is 14.5 Å². The third-order valence-electron chi connectivity index (χ3n) is 4.40. The minimum atomic E-state index is -0.513. The lowest BCUT2D eigenvalue weighted by molar-refractivity contribution is -0.127. The smallest absolute Gasteiger partial charge is 0.252 e. The van der Waals surface area contributed by atoms with E-state index >= 15 is 0 Å². The molecule has 1 atom stereocenters. The van der Waals surface area contributed by atoms with Gasteiger partial charge >= 0.3 is 0 Å². The molecule has 1 saturated heterocycles. The van der Waals surface area contributed by atoms with Crippen LogP contribution in [0.15, 0.2) is 37.2 Å². The molecule has 1 unspecified atom stereocenters. The molecule has 126 valence electrons. The van der Waals surface area contributed by atoms with Gasteiger partial charge in [-0.3, -0.25) is 9.59 Å². The molecule has 1 aliphatic rings. The number of aromatic nitrogens is 2. The monoisotopic (exact) mass is 327 g/mol. The van der Waals surface area contributed by atoms with Gasteiger partial charge in [-0.2, -0.15) is 5.10 Å². The number of nitrogens with one attached hydrogen (secondary N) is 1. The number of nitrogens with zero attached hydrogens (tertiary/aromatic N) is 3. The Labute approximate surface area is 140 Å². The molecule has 2 aromatic rings. The summed E-state index contributed by atoms with van der Waals surface area (Å²) in [5.74, 6) is -0.234. The van der Waals surface area contributed by atoms with Crippen LogP contribution in [-0.2, 0) is 4.79 Å². The number of carbonyl (C=O) groups excluding carboxylic acids is 2. The average Bonchev–Trinajstić information content (AvgIpc) is 3.07. The van der Waals surface area contributed by atoms with Crippen LogP contribution in [0.4, 0.5) is 5.69 Å². The molecule has 24 heavy (non-hydrogen) atoms. The third kappa shape index (κ3) is 3.10. The Kier molecular flexibility index (Phi) is 4.50. The quantitative estimate of drug-likeness (QED) is 0.809. The van der Waals surface area contributed by atoms with E-state index in [1.54, 1.807) is 4.52 Å². The Morgan fingerprint density at radius 3 is 3.08 bits per heavy atom. The Morgan fingerprint density at radius 1 is 1.50 bits per heavy atom. The molecule has 7 heteroatoms. The summed E-state index contributed by atoms with van der Waals surface area (Å²) in [6.07, 6.45) is 6.64. The third-order valence-corrected chi connectivity index (χ3v) is 4.40. The number of rotatable bonds is 5. The summed E-state index contributed by atoms with van der Waals surface area (Å²) in [5, 5.41) is 7.52. The van der Waals surface area contributed by atoms with Gasteiger partial charge in [0.05, 0.1) is 23.0 Å². The van der Waals surface area contributed by atoms with Gasteiger partial charge in [0.25, 0.3) is 5.91 Å². The first kappa shape index (κ1) is 16.0. The van der Waals surface area contributed by atoms with Gasteiger partial charge in [-0.15, -0.1) is 0 Å². The van der Waals surface area contributed by atoms with Crippen molar-refractivity contribution in [2.75, 3.05) is 25.0 Å². The van der Waals surface area contributed by atoms with E-state index in [1.165, 1.54) is 12.3 Å². The normalized spacial score (nSPS) is 17.7. The zero-order valence-electron chi connectivity index (χ0n) is 13.4. The van der Waals surface area contributed by atoms with Gasteiger partial charge in [0.2, 0.25) is 5.91 Å². The molecular formula is C17H21N5O2. The molecular weight excluding hydrogens is 306 g/mol. The first-order valence-corrected chi connectivity index (χ1v) is 8.01. The summed E-state index contributed by atoms with van der Waals surface area (Å²) < 4.78 is 1.70. The standard InChI is InChI=1S/C17H21N5O2/c1-2-15(23)21-7-3-5-12(11-21)9-19-16-13(17(18)24)10-20-22-8-4-6-14(16)22/h2,4,6,8,10,12,19H,1,3,5,7,9,11H2,(H2,18,24). The largest absolute Gasteiger partial charge is 0.382 e. The SMILES string of the molecule is C=CC(=O)N1CCCC(CNc2c(C(N)=O)cnn3cccc23)C1. The predicted octanol–water partition coefficient (Wildman–Crippen LogP) is 1.27. The molecule has 0 spiro atoms. The Balaban J connectivity index is 1.76. The van der Waals surface area contributed by atoms with Crippen molar-refractivity contribution in [2.45, 2.75) is 12.8 Å². The van der Waals surface area contributed by atoms with Crippen LogP contribution in [0.3, 0.4) is 0 Å². The summed E-state index contributed by atoms with van der Waals surface area (Å²) in [7, 11) is 0. The van der Waals surface area contributed by atoms with Gasteiger partial charge in [-0.05, 0) is 37.0 Å². The number of fused-ring (bicyclic) bond motifs is 1. The number of likely N-dealkylation sites (tertiary alicyclic amines) is 1. The van der Waals surface area contributed by atoms with Crippen molar-refractivity contribution >= 4 is 23.0 Å². The van der Waals surface area contributed by atoms with Gasteiger partial charge in [-0.1, -0.05) is 6.58 Å². The maximum atomic E-state index is 11.8. The van der Waals surface area contributed by atoms with Crippen molar-refractivity contribution in [1.29, 1.82) is 0 Å². The van der Waals surface area contributed by atoms with Crippen LogP contribution in [0.5, 0.6) is 0 Å². The van der Waals surface area contributed by atoms with Gasteiger partial charge in [0.1, 0.15) is 0 Å². The van der Waals surface area contributed by atoms with Gasteiger partial charge in [-0.25, -0.2) is 4.52 Å². The van der Waals surface area contributed by atoms with Gasteiger partial charge in [0.15, 0.2) is 0 Å². The number of hydrogen-bond donors (Lipinski definition) is 2. The topological polar surface area (TPSA) is 92.7 Å².